The van der Waals surface area contributed by atoms with Gasteiger partial charge in [0.25, 0.3) is 0 Å². The Labute approximate surface area is 132 Å². The smallest absolute Gasteiger partial charge is 0.328 e. The highest BCUT2D eigenvalue weighted by Crippen LogP contribution is 2.35. The first-order valence-electron chi connectivity index (χ1n) is 5.66. The SMILES string of the molecule is COc1cc(F)c([N+](=O)[O-])c(Nc2ccc(I)cc2F)c1. The molecule has 2 aromatic carbocycles. The molecule has 0 aromatic heterocycles. The summed E-state index contributed by atoms with van der Waals surface area (Å²) in [4.78, 5) is 10.1. The molecular weight excluding hydrogens is 397 g/mol. The van der Waals surface area contributed by atoms with Crippen LogP contribution in [0.3, 0.4) is 0 Å². The molecule has 1 N–H and O–H groups in total. The molecule has 0 fully saturated rings. The van der Waals surface area contributed by atoms with Crippen LogP contribution in [0.15, 0.2) is 30.3 Å². The maximum absolute atomic E-state index is 13.8. The lowest BCUT2D eigenvalue weighted by Crippen LogP contribution is -2.02. The van der Waals surface area contributed by atoms with Crippen LogP contribution in [-0.2, 0) is 0 Å². The summed E-state index contributed by atoms with van der Waals surface area (Å²) >= 11 is 1.93. The van der Waals surface area contributed by atoms with Crippen molar-refractivity contribution >= 4 is 39.7 Å². The molecule has 0 aliphatic heterocycles. The number of hydrogen-bond acceptors (Lipinski definition) is 4. The number of nitro groups is 1. The third-order valence-corrected chi connectivity index (χ3v) is 3.33. The second-order valence-electron chi connectivity index (χ2n) is 4.01. The number of hydrogen-bond donors (Lipinski definition) is 1. The Morgan fingerprint density at radius 1 is 1.19 bits per heavy atom. The van der Waals surface area contributed by atoms with Gasteiger partial charge in [0.15, 0.2) is 0 Å². The summed E-state index contributed by atoms with van der Waals surface area (Å²) in [5.41, 5.74) is -0.947. The van der Waals surface area contributed by atoms with Gasteiger partial charge in [0, 0.05) is 15.7 Å². The van der Waals surface area contributed by atoms with E-state index in [1.807, 2.05) is 22.6 Å². The first kappa shape index (κ1) is 15.4. The fourth-order valence-corrected chi connectivity index (χ4v) is 2.16. The van der Waals surface area contributed by atoms with E-state index in [9.17, 15) is 18.9 Å². The highest BCUT2D eigenvalue weighted by molar-refractivity contribution is 14.1. The van der Waals surface area contributed by atoms with Crippen LogP contribution in [0.4, 0.5) is 25.8 Å². The summed E-state index contributed by atoms with van der Waals surface area (Å²) in [6.45, 7) is 0. The van der Waals surface area contributed by atoms with Gasteiger partial charge >= 0.3 is 5.69 Å². The Bertz CT molecular complexity index is 710. The standard InChI is InChI=1S/C13H9F2IN2O3/c1-21-8-5-10(15)13(18(19)20)12(6-8)17-11-3-2-7(16)4-9(11)14/h2-6,17H,1H3. The first-order chi connectivity index (χ1) is 9.92. The molecule has 0 atom stereocenters. The summed E-state index contributed by atoms with van der Waals surface area (Å²) in [5, 5.41) is 13.5. The number of methoxy groups -OCH3 is 1. The molecule has 0 aliphatic rings. The molecular formula is C13H9F2IN2O3. The fourth-order valence-electron chi connectivity index (χ4n) is 1.71. The fraction of sp³-hybridized carbons (Fsp3) is 0.0769. The molecule has 0 unspecified atom stereocenters. The third kappa shape index (κ3) is 3.38. The van der Waals surface area contributed by atoms with Gasteiger partial charge in [-0.15, -0.1) is 0 Å². The van der Waals surface area contributed by atoms with Gasteiger partial charge in [-0.1, -0.05) is 0 Å². The number of halogens is 3. The van der Waals surface area contributed by atoms with Crippen molar-refractivity contribution in [3.8, 4) is 5.75 Å². The first-order valence-corrected chi connectivity index (χ1v) is 6.74. The number of anilines is 2. The van der Waals surface area contributed by atoms with E-state index in [2.05, 4.69) is 5.32 Å². The van der Waals surface area contributed by atoms with Gasteiger partial charge in [0.2, 0.25) is 5.82 Å². The number of nitro benzene ring substituents is 1. The average molecular weight is 406 g/mol. The van der Waals surface area contributed by atoms with Crippen molar-refractivity contribution in [2.75, 3.05) is 12.4 Å². The van der Waals surface area contributed by atoms with Gasteiger partial charge in [-0.2, -0.15) is 4.39 Å². The van der Waals surface area contributed by atoms with Gasteiger partial charge in [-0.05, 0) is 40.8 Å². The van der Waals surface area contributed by atoms with Gasteiger partial charge in [-0.3, -0.25) is 10.1 Å². The Kier molecular flexibility index (Phi) is 4.56. The Balaban J connectivity index is 2.51. The predicted molar refractivity (Wildman–Crippen MR) is 82.0 cm³/mol. The van der Waals surface area contributed by atoms with E-state index in [4.69, 9.17) is 4.74 Å². The van der Waals surface area contributed by atoms with Crippen LogP contribution >= 0.6 is 22.6 Å². The molecule has 0 bridgehead atoms. The van der Waals surface area contributed by atoms with Gasteiger partial charge < -0.3 is 10.1 Å². The summed E-state index contributed by atoms with van der Waals surface area (Å²) in [6, 6.07) is 6.42. The number of ether oxygens (including phenoxy) is 1. The summed E-state index contributed by atoms with van der Waals surface area (Å²) in [6.07, 6.45) is 0. The van der Waals surface area contributed by atoms with E-state index in [0.717, 1.165) is 6.07 Å². The van der Waals surface area contributed by atoms with Crippen molar-refractivity contribution in [3.63, 3.8) is 0 Å². The van der Waals surface area contributed by atoms with E-state index in [1.165, 1.54) is 25.3 Å². The number of rotatable bonds is 4. The van der Waals surface area contributed by atoms with Crippen molar-refractivity contribution in [3.05, 3.63) is 55.7 Å². The molecule has 110 valence electrons. The normalized spacial score (nSPS) is 10.3. The zero-order valence-electron chi connectivity index (χ0n) is 10.7. The van der Waals surface area contributed by atoms with Crippen LogP contribution in [0.25, 0.3) is 0 Å². The second kappa shape index (κ2) is 6.20. The lowest BCUT2D eigenvalue weighted by Gasteiger charge is -2.10. The van der Waals surface area contributed by atoms with Crippen LogP contribution in [0.2, 0.25) is 0 Å². The molecule has 21 heavy (non-hydrogen) atoms. The average Bonchev–Trinajstić information content (AvgIpc) is 2.40. The topological polar surface area (TPSA) is 64.4 Å². The van der Waals surface area contributed by atoms with Crippen LogP contribution in [0, 0.1) is 25.3 Å². The molecule has 2 aromatic rings. The third-order valence-electron chi connectivity index (χ3n) is 2.66. The van der Waals surface area contributed by atoms with E-state index >= 15 is 0 Å². The zero-order valence-corrected chi connectivity index (χ0v) is 12.9. The van der Waals surface area contributed by atoms with E-state index < -0.39 is 22.2 Å². The van der Waals surface area contributed by atoms with Crippen molar-refractivity contribution in [1.29, 1.82) is 0 Å². The van der Waals surface area contributed by atoms with E-state index in [0.29, 0.717) is 3.57 Å². The van der Waals surface area contributed by atoms with Crippen molar-refractivity contribution in [2.45, 2.75) is 0 Å². The van der Waals surface area contributed by atoms with Crippen molar-refractivity contribution in [2.24, 2.45) is 0 Å². The number of benzene rings is 2. The maximum atomic E-state index is 13.8. The largest absolute Gasteiger partial charge is 0.497 e. The predicted octanol–water partition coefficient (Wildman–Crippen LogP) is 4.23. The second-order valence-corrected chi connectivity index (χ2v) is 5.26. The molecule has 5 nitrogen and oxygen atoms in total. The monoisotopic (exact) mass is 406 g/mol. The van der Waals surface area contributed by atoms with Gasteiger partial charge in [0.05, 0.1) is 17.7 Å². The Morgan fingerprint density at radius 2 is 1.90 bits per heavy atom. The van der Waals surface area contributed by atoms with E-state index in [1.54, 1.807) is 6.07 Å². The highest BCUT2D eigenvalue weighted by atomic mass is 127. The van der Waals surface area contributed by atoms with Gasteiger partial charge in [0.1, 0.15) is 17.3 Å². The number of nitrogens with zero attached hydrogens (tertiary/aromatic N) is 1. The van der Waals surface area contributed by atoms with Crippen molar-refractivity contribution < 1.29 is 18.4 Å². The molecule has 0 amide bonds. The minimum Gasteiger partial charge on any atom is -0.497 e. The van der Waals surface area contributed by atoms with E-state index in [-0.39, 0.29) is 17.1 Å². The molecule has 8 heteroatoms. The van der Waals surface area contributed by atoms with Crippen LogP contribution in [0.1, 0.15) is 0 Å². The molecule has 0 spiro atoms. The van der Waals surface area contributed by atoms with Crippen LogP contribution in [-0.4, -0.2) is 12.0 Å². The quantitative estimate of drug-likeness (QED) is 0.469. The summed E-state index contributed by atoms with van der Waals surface area (Å²) < 4.78 is 33.1. The molecule has 0 saturated carbocycles. The number of nitrogens with one attached hydrogen (secondary N) is 1. The molecule has 2 rings (SSSR count). The molecule has 0 saturated heterocycles. The molecule has 0 aliphatic carbocycles. The van der Waals surface area contributed by atoms with Crippen LogP contribution in [0.5, 0.6) is 5.75 Å². The van der Waals surface area contributed by atoms with Crippen molar-refractivity contribution in [1.82, 2.24) is 0 Å². The Hall–Kier alpha value is -1.97. The highest BCUT2D eigenvalue weighted by Gasteiger charge is 2.23. The summed E-state index contributed by atoms with van der Waals surface area (Å²) in [7, 11) is 1.30. The lowest BCUT2D eigenvalue weighted by molar-refractivity contribution is -0.386. The van der Waals surface area contributed by atoms with Gasteiger partial charge in [-0.25, -0.2) is 4.39 Å². The maximum Gasteiger partial charge on any atom is 0.328 e. The lowest BCUT2D eigenvalue weighted by atomic mass is 10.2. The van der Waals surface area contributed by atoms with Crippen LogP contribution < -0.4 is 10.1 Å². The minimum absolute atomic E-state index is 0.00571. The minimum atomic E-state index is -1.06. The summed E-state index contributed by atoms with van der Waals surface area (Å²) in [5.74, 6) is -1.57. The zero-order chi connectivity index (χ0) is 15.6. The Morgan fingerprint density at radius 3 is 2.48 bits per heavy atom. The molecule has 0 heterocycles. The molecule has 0 radical (unpaired) electrons.